The monoisotopic (exact) mass is 689 g/mol. The third-order valence-corrected chi connectivity index (χ3v) is 9.93. The van der Waals surface area contributed by atoms with Gasteiger partial charge in [0, 0.05) is 54.9 Å². The van der Waals surface area contributed by atoms with Crippen molar-refractivity contribution in [1.82, 2.24) is 0 Å². The number of hydrogen-bond acceptors (Lipinski definition) is 10. The third-order valence-electron chi connectivity index (χ3n) is 9.93. The summed E-state index contributed by atoms with van der Waals surface area (Å²) < 4.78 is 23.7. The Bertz CT molecular complexity index is 1300. The Labute approximate surface area is 291 Å². The van der Waals surface area contributed by atoms with Gasteiger partial charge in [0.1, 0.15) is 18.3 Å². The van der Waals surface area contributed by atoms with Gasteiger partial charge in [0.25, 0.3) is 0 Å². The molecular weight excluding hydrogens is 630 g/mol. The summed E-state index contributed by atoms with van der Waals surface area (Å²) in [7, 11) is 1.49. The van der Waals surface area contributed by atoms with Gasteiger partial charge in [-0.3, -0.25) is 4.79 Å². The average molecular weight is 690 g/mol. The standard InChI is InChI=1S/C38H59NO10/c1-11-29-26(7)31(47-33(41)16-15-32(39)40)20-38(45,49-29)28(9)35(43)27(8)36-30(46-10)14-12-13-21(2)17-23(4)34(42)24(5)18-22(3)19-25(6)37(44)48-36/h12-16,18-19,23-24,26-31,34-36,42-43,45H,11,17,20H2,1-10H3,(H2,39,40)/b14-12?,16-15+,21-13?,22-18?,25-19?. The van der Waals surface area contributed by atoms with Crippen LogP contribution in [0.2, 0.25) is 0 Å². The SMILES string of the molecule is CCC1OC(O)(C(C)C(O)C(C)C2OC(=O)C(C)=CC(C)=CC(C)C(O)C(C)CC(C)=CC=CC2OC)CC(OC(=O)/C=C/C(N)=O)C1C. The van der Waals surface area contributed by atoms with Gasteiger partial charge in [0.05, 0.1) is 18.3 Å². The number of rotatable bonds is 9. The van der Waals surface area contributed by atoms with Gasteiger partial charge < -0.3 is 40.0 Å². The molecule has 2 rings (SSSR count). The molecular formula is C38H59NO10. The minimum absolute atomic E-state index is 0.00731. The van der Waals surface area contributed by atoms with Crippen LogP contribution in [0.1, 0.15) is 81.6 Å². The second-order valence-electron chi connectivity index (χ2n) is 14.1. The van der Waals surface area contributed by atoms with Crippen molar-refractivity contribution in [2.45, 2.75) is 124 Å². The maximum Gasteiger partial charge on any atom is 0.334 e. The van der Waals surface area contributed by atoms with E-state index in [1.54, 1.807) is 32.9 Å². The zero-order valence-corrected chi connectivity index (χ0v) is 30.8. The van der Waals surface area contributed by atoms with Gasteiger partial charge in [-0.05, 0) is 45.6 Å². The van der Waals surface area contributed by atoms with Crippen LogP contribution in [0.4, 0.5) is 0 Å². The number of ether oxygens (including phenoxy) is 4. The number of primary amides is 1. The lowest BCUT2D eigenvalue weighted by Gasteiger charge is -2.49. The maximum atomic E-state index is 13.5. The van der Waals surface area contributed by atoms with E-state index in [1.807, 2.05) is 59.8 Å². The Morgan fingerprint density at radius 3 is 2.41 bits per heavy atom. The number of allylic oxidation sites excluding steroid dienone is 5. The number of carbonyl (C=O) groups is 3. The molecule has 0 spiro atoms. The van der Waals surface area contributed by atoms with Crippen LogP contribution in [0.5, 0.6) is 0 Å². The fraction of sp³-hybridized carbons (Fsp3) is 0.658. The third kappa shape index (κ3) is 11.7. The number of cyclic esters (lactones) is 1. The Kier molecular flexibility index (Phi) is 16.1. The van der Waals surface area contributed by atoms with E-state index < -0.39 is 72.1 Å². The minimum Gasteiger partial charge on any atom is -0.459 e. The Hall–Kier alpha value is -3.09. The molecule has 0 radical (unpaired) electrons. The molecule has 5 N–H and O–H groups in total. The fourth-order valence-corrected chi connectivity index (χ4v) is 6.80. The van der Waals surface area contributed by atoms with Crippen molar-refractivity contribution in [2.24, 2.45) is 35.3 Å². The van der Waals surface area contributed by atoms with Crippen LogP contribution in [0.25, 0.3) is 0 Å². The van der Waals surface area contributed by atoms with Crippen molar-refractivity contribution in [3.05, 3.63) is 59.3 Å². The number of methoxy groups -OCH3 is 1. The first-order valence-corrected chi connectivity index (χ1v) is 17.2. The van der Waals surface area contributed by atoms with E-state index in [9.17, 15) is 29.7 Å². The van der Waals surface area contributed by atoms with Crippen LogP contribution in [0.15, 0.2) is 59.3 Å². The van der Waals surface area contributed by atoms with Gasteiger partial charge >= 0.3 is 11.9 Å². The first-order valence-electron chi connectivity index (χ1n) is 17.2. The van der Waals surface area contributed by atoms with Crippen molar-refractivity contribution < 1.29 is 48.7 Å². The summed E-state index contributed by atoms with van der Waals surface area (Å²) in [4.78, 5) is 37.1. The molecule has 1 amide bonds. The second-order valence-corrected chi connectivity index (χ2v) is 14.1. The summed E-state index contributed by atoms with van der Waals surface area (Å²) in [5.41, 5.74) is 7.27. The largest absolute Gasteiger partial charge is 0.459 e. The molecule has 12 atom stereocenters. The number of aliphatic hydroxyl groups excluding tert-OH is 2. The van der Waals surface area contributed by atoms with Crippen molar-refractivity contribution in [3.63, 3.8) is 0 Å². The Balaban J connectivity index is 2.48. The molecule has 0 bridgehead atoms. The van der Waals surface area contributed by atoms with Crippen LogP contribution in [0, 0.1) is 29.6 Å². The first-order chi connectivity index (χ1) is 22.8. The van der Waals surface area contributed by atoms with Gasteiger partial charge in [0.2, 0.25) is 5.91 Å². The molecule has 2 aliphatic rings. The molecule has 1 saturated heterocycles. The van der Waals surface area contributed by atoms with Gasteiger partial charge in [-0.15, -0.1) is 0 Å². The smallest absolute Gasteiger partial charge is 0.334 e. The second kappa shape index (κ2) is 18.8. The quantitative estimate of drug-likeness (QED) is 0.200. The summed E-state index contributed by atoms with van der Waals surface area (Å²) >= 11 is 0. The minimum atomic E-state index is -1.92. The highest BCUT2D eigenvalue weighted by Gasteiger charge is 2.52. The Morgan fingerprint density at radius 1 is 1.16 bits per heavy atom. The fourth-order valence-electron chi connectivity index (χ4n) is 6.80. The molecule has 2 heterocycles. The van der Waals surface area contributed by atoms with Crippen molar-refractivity contribution in [1.29, 1.82) is 0 Å². The lowest BCUT2D eigenvalue weighted by molar-refractivity contribution is -0.323. The molecule has 49 heavy (non-hydrogen) atoms. The highest BCUT2D eigenvalue weighted by atomic mass is 16.6. The topological polar surface area (TPSA) is 175 Å². The highest BCUT2D eigenvalue weighted by molar-refractivity contribution is 5.93. The number of nitrogens with two attached hydrogens (primary N) is 1. The molecule has 11 heteroatoms. The number of esters is 2. The number of hydrogen-bond donors (Lipinski definition) is 4. The van der Waals surface area contributed by atoms with Gasteiger partial charge in [-0.2, -0.15) is 0 Å². The Morgan fingerprint density at radius 2 is 1.82 bits per heavy atom. The number of carbonyl (C=O) groups excluding carboxylic acids is 3. The zero-order valence-electron chi connectivity index (χ0n) is 30.8. The molecule has 2 aliphatic heterocycles. The predicted octanol–water partition coefficient (Wildman–Crippen LogP) is 4.46. The molecule has 276 valence electrons. The van der Waals surface area contributed by atoms with Gasteiger partial charge in [-0.25, -0.2) is 9.59 Å². The van der Waals surface area contributed by atoms with Crippen LogP contribution in [0.3, 0.4) is 0 Å². The molecule has 0 aromatic carbocycles. The summed E-state index contributed by atoms with van der Waals surface area (Å²) in [6.07, 6.45) is 7.06. The van der Waals surface area contributed by atoms with Crippen LogP contribution in [-0.2, 0) is 33.3 Å². The lowest BCUT2D eigenvalue weighted by atomic mass is 9.77. The molecule has 0 saturated carbocycles. The molecule has 12 unspecified atom stereocenters. The van der Waals surface area contributed by atoms with E-state index in [1.165, 1.54) is 7.11 Å². The van der Waals surface area contributed by atoms with E-state index in [0.29, 0.717) is 18.4 Å². The molecule has 11 nitrogen and oxygen atoms in total. The average Bonchev–Trinajstić information content (AvgIpc) is 3.04. The van der Waals surface area contributed by atoms with Crippen molar-refractivity contribution in [2.75, 3.05) is 7.11 Å². The van der Waals surface area contributed by atoms with E-state index >= 15 is 0 Å². The van der Waals surface area contributed by atoms with E-state index in [0.717, 1.165) is 23.3 Å². The first kappa shape index (κ1) is 42.1. The van der Waals surface area contributed by atoms with Crippen LogP contribution >= 0.6 is 0 Å². The predicted molar refractivity (Wildman–Crippen MR) is 186 cm³/mol. The molecule has 0 aromatic heterocycles. The maximum absolute atomic E-state index is 13.5. The van der Waals surface area contributed by atoms with Crippen molar-refractivity contribution in [3.8, 4) is 0 Å². The zero-order chi connectivity index (χ0) is 37.2. The highest BCUT2D eigenvalue weighted by Crippen LogP contribution is 2.41. The summed E-state index contributed by atoms with van der Waals surface area (Å²) in [5, 5.41) is 34.7. The van der Waals surface area contributed by atoms with Gasteiger partial charge in [0.15, 0.2) is 5.79 Å². The van der Waals surface area contributed by atoms with Crippen LogP contribution < -0.4 is 5.73 Å². The van der Waals surface area contributed by atoms with E-state index in [2.05, 4.69) is 0 Å². The van der Waals surface area contributed by atoms with E-state index in [4.69, 9.17) is 24.7 Å². The van der Waals surface area contributed by atoms with E-state index in [-0.39, 0.29) is 24.2 Å². The summed E-state index contributed by atoms with van der Waals surface area (Å²) in [6, 6.07) is 0. The molecule has 0 aliphatic carbocycles. The summed E-state index contributed by atoms with van der Waals surface area (Å²) in [6.45, 7) is 16.5. The molecule has 1 fully saturated rings. The molecule has 0 aromatic rings. The lowest BCUT2D eigenvalue weighted by Crippen LogP contribution is -2.58. The number of amides is 1. The normalized spacial score (nSPS) is 34.2. The van der Waals surface area contributed by atoms with Gasteiger partial charge in [-0.1, -0.05) is 77.0 Å². The van der Waals surface area contributed by atoms with Crippen molar-refractivity contribution >= 4 is 17.8 Å². The summed E-state index contributed by atoms with van der Waals surface area (Å²) in [5.74, 6) is -6.28. The van der Waals surface area contributed by atoms with Crippen LogP contribution in [-0.4, -0.2) is 82.7 Å². The number of aliphatic hydroxyl groups is 3.